The number of nitrogens with zero attached hydrogens (tertiary/aromatic N) is 5. The molecule has 5 rings (SSSR count). The predicted octanol–water partition coefficient (Wildman–Crippen LogP) is 3.19. The Balaban J connectivity index is 1.10. The smallest absolute Gasteiger partial charge is 0.263 e. The van der Waals surface area contributed by atoms with Gasteiger partial charge in [0.25, 0.3) is 10.0 Å². The summed E-state index contributed by atoms with van der Waals surface area (Å²) < 4.78 is 33.3. The van der Waals surface area contributed by atoms with E-state index < -0.39 is 10.0 Å². The molecule has 10 nitrogen and oxygen atoms in total. The molecular weight excluding hydrogens is 522 g/mol. The minimum absolute atomic E-state index is 0.0308. The first kappa shape index (κ1) is 24.5. The molecule has 0 unspecified atom stereocenters. The number of sulfonamides is 1. The molecule has 3 heterocycles. The fourth-order valence-electron chi connectivity index (χ4n) is 4.12. The van der Waals surface area contributed by atoms with Crippen LogP contribution in [0.25, 0.3) is 10.9 Å². The Hall–Kier alpha value is -3.19. The zero-order valence-electron chi connectivity index (χ0n) is 19.2. The van der Waals surface area contributed by atoms with Crippen molar-refractivity contribution in [1.82, 2.24) is 24.4 Å². The quantitative estimate of drug-likeness (QED) is 0.349. The molecule has 0 radical (unpaired) electrons. The molecule has 1 amide bonds. The molecule has 0 saturated carbocycles. The van der Waals surface area contributed by atoms with Crippen LogP contribution in [0.1, 0.15) is 6.42 Å². The van der Waals surface area contributed by atoms with Gasteiger partial charge in [0.2, 0.25) is 11.0 Å². The Morgan fingerprint density at radius 3 is 2.56 bits per heavy atom. The first-order chi connectivity index (χ1) is 17.4. The van der Waals surface area contributed by atoms with Crippen molar-refractivity contribution in [2.45, 2.75) is 17.9 Å². The highest BCUT2D eigenvalue weighted by Gasteiger charge is 2.20. The number of hydrogen-bond donors (Lipinski definition) is 2. The molecule has 1 saturated heterocycles. The number of benzene rings is 2. The summed E-state index contributed by atoms with van der Waals surface area (Å²) in [5.41, 5.74) is 4.97. The zero-order chi connectivity index (χ0) is 25.1. The second-order valence-corrected chi connectivity index (χ2v) is 11.2. The number of carbonyl (C=O) groups is 1. The number of rotatable bonds is 8. The number of amides is 1. The average Bonchev–Trinajstić information content (AvgIpc) is 3.52. The maximum atomic E-state index is 12.5. The summed E-state index contributed by atoms with van der Waals surface area (Å²) in [4.78, 5) is 18.7. The molecule has 0 bridgehead atoms. The Bertz CT molecular complexity index is 1450. The van der Waals surface area contributed by atoms with Crippen LogP contribution in [0.3, 0.4) is 0 Å². The minimum Gasteiger partial charge on any atom is -0.369 e. The van der Waals surface area contributed by atoms with Crippen molar-refractivity contribution in [2.75, 3.05) is 35.8 Å². The van der Waals surface area contributed by atoms with E-state index in [2.05, 4.69) is 29.0 Å². The van der Waals surface area contributed by atoms with Crippen molar-refractivity contribution in [3.05, 3.63) is 66.1 Å². The summed E-state index contributed by atoms with van der Waals surface area (Å²) in [5, 5.41) is 3.90. The van der Waals surface area contributed by atoms with Gasteiger partial charge in [0.05, 0.1) is 4.90 Å². The second-order valence-electron chi connectivity index (χ2n) is 8.32. The molecule has 4 aromatic rings. The number of carbonyl (C=O) groups excluding carboxylic acids is 1. The highest BCUT2D eigenvalue weighted by molar-refractivity contribution is 7.93. The van der Waals surface area contributed by atoms with Crippen LogP contribution in [0, 0.1) is 0 Å². The Labute approximate surface area is 217 Å². The van der Waals surface area contributed by atoms with Gasteiger partial charge < -0.3 is 9.47 Å². The number of hydrazine groups is 1. The highest BCUT2D eigenvalue weighted by Crippen LogP contribution is 2.22. The van der Waals surface area contributed by atoms with Gasteiger partial charge in [-0.1, -0.05) is 11.6 Å². The van der Waals surface area contributed by atoms with E-state index in [9.17, 15) is 13.2 Å². The number of aromatic nitrogens is 3. The van der Waals surface area contributed by atoms with E-state index >= 15 is 0 Å². The molecule has 1 fully saturated rings. The lowest BCUT2D eigenvalue weighted by Gasteiger charge is -2.36. The highest BCUT2D eigenvalue weighted by atomic mass is 35.5. The van der Waals surface area contributed by atoms with Crippen molar-refractivity contribution in [1.29, 1.82) is 0 Å². The lowest BCUT2D eigenvalue weighted by atomic mass is 10.2. The van der Waals surface area contributed by atoms with Crippen LogP contribution in [0.15, 0.2) is 66.0 Å². The standard InChI is InChI=1S/C23H24ClN7O3S2/c24-18-1-6-21-17(15-18)7-9-30(21)10-8-22(32)27-31-13-11-29(12-14-31)19-2-4-20(5-3-19)36(33,34)28-23-25-16-26-35-23/h1-7,9,15-16H,8,10-14H2,(H,27,32)(H,25,26,28). The molecule has 0 atom stereocenters. The molecule has 188 valence electrons. The number of fused-ring (bicyclic) bond motifs is 1. The van der Waals surface area contributed by atoms with Crippen molar-refractivity contribution >= 4 is 60.8 Å². The van der Waals surface area contributed by atoms with Gasteiger partial charge in [0.1, 0.15) is 6.33 Å². The first-order valence-corrected chi connectivity index (χ1v) is 13.9. The largest absolute Gasteiger partial charge is 0.369 e. The van der Waals surface area contributed by atoms with E-state index in [-0.39, 0.29) is 15.9 Å². The molecule has 0 aliphatic carbocycles. The number of halogens is 1. The van der Waals surface area contributed by atoms with Crippen LogP contribution in [0.2, 0.25) is 5.02 Å². The molecule has 13 heteroatoms. The third-order valence-corrected chi connectivity index (χ3v) is 8.27. The molecule has 2 aromatic carbocycles. The lowest BCUT2D eigenvalue weighted by molar-refractivity contribution is -0.126. The topological polar surface area (TPSA) is 112 Å². The zero-order valence-corrected chi connectivity index (χ0v) is 21.6. The number of anilines is 2. The summed E-state index contributed by atoms with van der Waals surface area (Å²) >= 11 is 7.03. The van der Waals surface area contributed by atoms with Crippen LogP contribution in [0.4, 0.5) is 10.8 Å². The van der Waals surface area contributed by atoms with E-state index in [0.717, 1.165) is 28.1 Å². The van der Waals surface area contributed by atoms with Crippen molar-refractivity contribution in [2.24, 2.45) is 0 Å². The summed E-state index contributed by atoms with van der Waals surface area (Å²) in [6.45, 7) is 3.32. The van der Waals surface area contributed by atoms with Gasteiger partial charge in [-0.15, -0.1) is 0 Å². The molecule has 36 heavy (non-hydrogen) atoms. The summed E-state index contributed by atoms with van der Waals surface area (Å²) in [6, 6.07) is 14.5. The Morgan fingerprint density at radius 2 is 1.83 bits per heavy atom. The average molecular weight is 546 g/mol. The SMILES string of the molecule is O=C(CCn1ccc2cc(Cl)ccc21)NN1CCN(c2ccc(S(=O)(=O)Nc3ncns3)cc2)CC1. The minimum atomic E-state index is -3.71. The van der Waals surface area contributed by atoms with Crippen LogP contribution >= 0.6 is 23.1 Å². The van der Waals surface area contributed by atoms with Gasteiger partial charge in [-0.25, -0.2) is 18.4 Å². The lowest BCUT2D eigenvalue weighted by Crippen LogP contribution is -2.53. The number of aryl methyl sites for hydroxylation is 1. The fourth-order valence-corrected chi connectivity index (χ4v) is 5.97. The number of piperazine rings is 1. The molecule has 2 aromatic heterocycles. The second kappa shape index (κ2) is 10.4. The summed E-state index contributed by atoms with van der Waals surface area (Å²) in [6.07, 6.45) is 3.64. The van der Waals surface area contributed by atoms with E-state index in [0.29, 0.717) is 44.2 Å². The fraction of sp³-hybridized carbons (Fsp3) is 0.261. The maximum absolute atomic E-state index is 12.5. The van der Waals surface area contributed by atoms with Crippen molar-refractivity contribution in [3.63, 3.8) is 0 Å². The van der Waals surface area contributed by atoms with Gasteiger partial charge in [0.15, 0.2) is 0 Å². The van der Waals surface area contributed by atoms with Crippen molar-refractivity contribution < 1.29 is 13.2 Å². The van der Waals surface area contributed by atoms with Gasteiger partial charge in [-0.3, -0.25) is 14.9 Å². The molecule has 0 spiro atoms. The van der Waals surface area contributed by atoms with Gasteiger partial charge >= 0.3 is 0 Å². The Morgan fingerprint density at radius 1 is 1.06 bits per heavy atom. The van der Waals surface area contributed by atoms with Gasteiger partial charge in [0, 0.05) is 78.5 Å². The molecule has 1 aliphatic heterocycles. The molecule has 1 aliphatic rings. The van der Waals surface area contributed by atoms with Crippen molar-refractivity contribution in [3.8, 4) is 0 Å². The van der Waals surface area contributed by atoms with E-state index in [1.54, 1.807) is 24.3 Å². The third kappa shape index (κ3) is 5.62. The first-order valence-electron chi connectivity index (χ1n) is 11.3. The van der Waals surface area contributed by atoms with Gasteiger partial charge in [-0.2, -0.15) is 4.37 Å². The van der Waals surface area contributed by atoms with E-state index in [4.69, 9.17) is 11.6 Å². The predicted molar refractivity (Wildman–Crippen MR) is 141 cm³/mol. The van der Waals surface area contributed by atoms with E-state index in [1.807, 2.05) is 35.5 Å². The summed E-state index contributed by atoms with van der Waals surface area (Å²) in [5.74, 6) is -0.0308. The van der Waals surface area contributed by atoms with Crippen LogP contribution in [-0.2, 0) is 21.4 Å². The van der Waals surface area contributed by atoms with E-state index in [1.165, 1.54) is 6.33 Å². The Kier molecular flexibility index (Phi) is 7.10. The maximum Gasteiger partial charge on any atom is 0.263 e. The monoisotopic (exact) mass is 545 g/mol. The van der Waals surface area contributed by atoms with Crippen LogP contribution in [0.5, 0.6) is 0 Å². The number of nitrogens with one attached hydrogen (secondary N) is 2. The van der Waals surface area contributed by atoms with Crippen LogP contribution in [-0.4, -0.2) is 59.4 Å². The number of hydrogen-bond acceptors (Lipinski definition) is 8. The molecular formula is C23H24ClN7O3S2. The third-order valence-electron chi connectivity index (χ3n) is 5.97. The van der Waals surface area contributed by atoms with Gasteiger partial charge in [-0.05, 0) is 48.5 Å². The van der Waals surface area contributed by atoms with Crippen LogP contribution < -0.4 is 15.0 Å². The molecule has 2 N–H and O–H groups in total. The summed E-state index contributed by atoms with van der Waals surface area (Å²) in [7, 11) is -3.71. The normalized spacial score (nSPS) is 14.8.